The highest BCUT2D eigenvalue weighted by atomic mass is 32.1. The fraction of sp³-hybridized carbons (Fsp3) is 0.235. The molecule has 0 spiro atoms. The quantitative estimate of drug-likeness (QED) is 0.671. The minimum Gasteiger partial charge on any atom is -0.296 e. The molecule has 0 N–H and O–H groups in total. The average molecular weight is 296 g/mol. The van der Waals surface area contributed by atoms with Crippen LogP contribution >= 0.6 is 11.3 Å². The van der Waals surface area contributed by atoms with E-state index in [1.54, 1.807) is 11.3 Å². The van der Waals surface area contributed by atoms with Crippen molar-refractivity contribution < 1.29 is 4.79 Å². The highest BCUT2D eigenvalue weighted by molar-refractivity contribution is 7.15. The van der Waals surface area contributed by atoms with Gasteiger partial charge >= 0.3 is 0 Å². The topological polar surface area (TPSA) is 42.9 Å². The SMILES string of the molecule is CC(C)Cc1sc(-c2ccc3ccccc3n2)nc1C=O. The number of thiazole rings is 1. The van der Waals surface area contributed by atoms with Gasteiger partial charge in [-0.15, -0.1) is 11.3 Å². The Bertz CT molecular complexity index is 792. The Morgan fingerprint density at radius 2 is 1.95 bits per heavy atom. The van der Waals surface area contributed by atoms with Crippen molar-refractivity contribution in [2.45, 2.75) is 20.3 Å². The van der Waals surface area contributed by atoms with Crippen LogP contribution in [0.3, 0.4) is 0 Å². The maximum absolute atomic E-state index is 11.2. The summed E-state index contributed by atoms with van der Waals surface area (Å²) >= 11 is 1.57. The van der Waals surface area contributed by atoms with Crippen molar-refractivity contribution in [3.63, 3.8) is 0 Å². The number of hydrogen-bond donors (Lipinski definition) is 0. The van der Waals surface area contributed by atoms with Gasteiger partial charge in [-0.05, 0) is 24.5 Å². The van der Waals surface area contributed by atoms with Crippen LogP contribution in [0, 0.1) is 5.92 Å². The summed E-state index contributed by atoms with van der Waals surface area (Å²) < 4.78 is 0. The molecule has 0 atom stereocenters. The Morgan fingerprint density at radius 1 is 1.14 bits per heavy atom. The molecular formula is C17H16N2OS. The first-order chi connectivity index (χ1) is 10.2. The molecule has 106 valence electrons. The van der Waals surface area contributed by atoms with Crippen LogP contribution < -0.4 is 0 Å². The van der Waals surface area contributed by atoms with Crippen LogP contribution in [0.25, 0.3) is 21.6 Å². The molecule has 0 bridgehead atoms. The van der Waals surface area contributed by atoms with Gasteiger partial charge in [0.2, 0.25) is 0 Å². The highest BCUT2D eigenvalue weighted by Crippen LogP contribution is 2.29. The van der Waals surface area contributed by atoms with Gasteiger partial charge in [-0.25, -0.2) is 9.97 Å². The van der Waals surface area contributed by atoms with Crippen molar-refractivity contribution in [3.8, 4) is 10.7 Å². The summed E-state index contributed by atoms with van der Waals surface area (Å²) in [6, 6.07) is 12.0. The lowest BCUT2D eigenvalue weighted by Gasteiger charge is -2.01. The van der Waals surface area contributed by atoms with Gasteiger partial charge in [0.15, 0.2) is 6.29 Å². The molecule has 0 saturated heterocycles. The summed E-state index contributed by atoms with van der Waals surface area (Å²) in [5.74, 6) is 0.501. The Hall–Kier alpha value is -2.07. The summed E-state index contributed by atoms with van der Waals surface area (Å²) in [4.78, 5) is 21.3. The van der Waals surface area contributed by atoms with E-state index in [-0.39, 0.29) is 0 Å². The largest absolute Gasteiger partial charge is 0.296 e. The third-order valence-electron chi connectivity index (χ3n) is 3.25. The van der Waals surface area contributed by atoms with Crippen LogP contribution in [0.1, 0.15) is 29.2 Å². The summed E-state index contributed by atoms with van der Waals surface area (Å²) in [5.41, 5.74) is 2.33. The van der Waals surface area contributed by atoms with Gasteiger partial charge < -0.3 is 0 Å². The van der Waals surface area contributed by atoms with Gasteiger partial charge in [-0.3, -0.25) is 4.79 Å². The Morgan fingerprint density at radius 3 is 2.71 bits per heavy atom. The normalized spacial score (nSPS) is 11.2. The van der Waals surface area contributed by atoms with Gasteiger partial charge in [0, 0.05) is 10.3 Å². The zero-order valence-corrected chi connectivity index (χ0v) is 12.9. The number of para-hydroxylation sites is 1. The molecule has 3 rings (SSSR count). The second-order valence-corrected chi connectivity index (χ2v) is 6.52. The monoisotopic (exact) mass is 296 g/mol. The lowest BCUT2D eigenvalue weighted by Crippen LogP contribution is -1.95. The molecule has 0 radical (unpaired) electrons. The average Bonchev–Trinajstić information content (AvgIpc) is 2.89. The fourth-order valence-corrected chi connectivity index (χ4v) is 3.48. The van der Waals surface area contributed by atoms with Gasteiger partial charge in [0.25, 0.3) is 0 Å². The Labute approximate surface area is 127 Å². The number of nitrogens with zero attached hydrogens (tertiary/aromatic N) is 2. The highest BCUT2D eigenvalue weighted by Gasteiger charge is 2.14. The predicted octanol–water partition coefficient (Wildman–Crippen LogP) is 4.37. The van der Waals surface area contributed by atoms with Gasteiger partial charge in [-0.1, -0.05) is 38.1 Å². The first-order valence-electron chi connectivity index (χ1n) is 6.98. The molecule has 3 aromatic rings. The molecule has 0 aliphatic carbocycles. The third kappa shape index (κ3) is 2.85. The standard InChI is InChI=1S/C17H16N2OS/c1-11(2)9-16-15(10-20)19-17(21-16)14-8-7-12-5-3-4-6-13(12)18-14/h3-8,10-11H,9H2,1-2H3. The van der Waals surface area contributed by atoms with E-state index in [0.29, 0.717) is 11.6 Å². The Balaban J connectivity index is 2.05. The molecule has 1 aromatic carbocycles. The van der Waals surface area contributed by atoms with Crippen molar-refractivity contribution in [1.29, 1.82) is 0 Å². The van der Waals surface area contributed by atoms with E-state index in [4.69, 9.17) is 0 Å². The van der Waals surface area contributed by atoms with Crippen molar-refractivity contribution >= 4 is 28.5 Å². The number of aldehydes is 1. The molecule has 0 unspecified atom stereocenters. The molecule has 0 aliphatic rings. The molecule has 0 fully saturated rings. The fourth-order valence-electron chi connectivity index (χ4n) is 2.27. The van der Waals surface area contributed by atoms with E-state index >= 15 is 0 Å². The zero-order valence-electron chi connectivity index (χ0n) is 12.0. The van der Waals surface area contributed by atoms with Crippen molar-refractivity contribution in [1.82, 2.24) is 9.97 Å². The van der Waals surface area contributed by atoms with E-state index < -0.39 is 0 Å². The summed E-state index contributed by atoms with van der Waals surface area (Å²) in [6.45, 7) is 4.28. The van der Waals surface area contributed by atoms with Crippen molar-refractivity contribution in [3.05, 3.63) is 47.0 Å². The number of hydrogen-bond acceptors (Lipinski definition) is 4. The maximum Gasteiger partial charge on any atom is 0.169 e. The summed E-state index contributed by atoms with van der Waals surface area (Å²) in [6.07, 6.45) is 1.72. The number of aromatic nitrogens is 2. The number of fused-ring (bicyclic) bond motifs is 1. The molecule has 4 heteroatoms. The van der Waals surface area contributed by atoms with Gasteiger partial charge in [-0.2, -0.15) is 0 Å². The predicted molar refractivity (Wildman–Crippen MR) is 86.8 cm³/mol. The zero-order chi connectivity index (χ0) is 14.8. The van der Waals surface area contributed by atoms with Crippen LogP contribution in [0.15, 0.2) is 36.4 Å². The smallest absolute Gasteiger partial charge is 0.169 e. The van der Waals surface area contributed by atoms with E-state index in [1.807, 2.05) is 36.4 Å². The van der Waals surface area contributed by atoms with Gasteiger partial charge in [0.1, 0.15) is 10.7 Å². The number of rotatable bonds is 4. The van der Waals surface area contributed by atoms with Crippen LogP contribution in [0.4, 0.5) is 0 Å². The maximum atomic E-state index is 11.2. The van der Waals surface area contributed by atoms with Crippen molar-refractivity contribution in [2.24, 2.45) is 5.92 Å². The van der Waals surface area contributed by atoms with E-state index in [2.05, 4.69) is 23.8 Å². The van der Waals surface area contributed by atoms with Crippen LogP contribution in [-0.2, 0) is 6.42 Å². The summed E-state index contributed by atoms with van der Waals surface area (Å²) in [5, 5.41) is 1.93. The van der Waals surface area contributed by atoms with Gasteiger partial charge in [0.05, 0.1) is 11.2 Å². The summed E-state index contributed by atoms with van der Waals surface area (Å²) in [7, 11) is 0. The molecule has 2 aromatic heterocycles. The van der Waals surface area contributed by atoms with E-state index in [1.165, 1.54) is 0 Å². The Kier molecular flexibility index (Phi) is 3.80. The second-order valence-electron chi connectivity index (χ2n) is 5.43. The molecule has 0 saturated carbocycles. The molecular weight excluding hydrogens is 280 g/mol. The van der Waals surface area contributed by atoms with E-state index in [0.717, 1.165) is 39.2 Å². The number of benzene rings is 1. The van der Waals surface area contributed by atoms with Crippen molar-refractivity contribution in [2.75, 3.05) is 0 Å². The molecule has 3 nitrogen and oxygen atoms in total. The minimum atomic E-state index is 0.501. The van der Waals surface area contributed by atoms with E-state index in [9.17, 15) is 4.79 Å². The lowest BCUT2D eigenvalue weighted by atomic mass is 10.1. The van der Waals surface area contributed by atoms with Crippen LogP contribution in [-0.4, -0.2) is 16.3 Å². The first-order valence-corrected chi connectivity index (χ1v) is 7.80. The molecule has 21 heavy (non-hydrogen) atoms. The lowest BCUT2D eigenvalue weighted by molar-refractivity contribution is 0.111. The molecule has 0 amide bonds. The van der Waals surface area contributed by atoms with Crippen LogP contribution in [0.2, 0.25) is 0 Å². The molecule has 0 aliphatic heterocycles. The number of carbonyl (C=O) groups excluding carboxylic acids is 1. The molecule has 2 heterocycles. The number of carbonyl (C=O) groups is 1. The second kappa shape index (κ2) is 5.74. The minimum absolute atomic E-state index is 0.501. The van der Waals surface area contributed by atoms with Crippen LogP contribution in [0.5, 0.6) is 0 Å². The first kappa shape index (κ1) is 13.9. The number of pyridine rings is 1. The third-order valence-corrected chi connectivity index (χ3v) is 4.37.